The first-order valence-corrected chi connectivity index (χ1v) is 8.71. The van der Waals surface area contributed by atoms with Crippen molar-refractivity contribution < 1.29 is 13.6 Å². The van der Waals surface area contributed by atoms with E-state index in [0.29, 0.717) is 18.8 Å². The van der Waals surface area contributed by atoms with Gasteiger partial charge in [0.05, 0.1) is 12.2 Å². The molecule has 1 amide bonds. The van der Waals surface area contributed by atoms with Gasteiger partial charge in [0.25, 0.3) is 10.7 Å². The van der Waals surface area contributed by atoms with Gasteiger partial charge in [-0.3, -0.25) is 9.69 Å². The second-order valence-electron chi connectivity index (χ2n) is 6.08. The van der Waals surface area contributed by atoms with E-state index in [1.807, 2.05) is 24.1 Å². The average Bonchev–Trinajstić information content (AvgIpc) is 3.02. The number of amides is 1. The predicted molar refractivity (Wildman–Crippen MR) is 102 cm³/mol. The molecule has 2 aromatic carbocycles. The lowest BCUT2D eigenvalue weighted by molar-refractivity contribution is 0.0963. The van der Waals surface area contributed by atoms with E-state index >= 15 is 0 Å². The van der Waals surface area contributed by atoms with Crippen molar-refractivity contribution in [3.05, 3.63) is 70.3 Å². The van der Waals surface area contributed by atoms with Crippen LogP contribution in [0.1, 0.15) is 15.9 Å². The van der Waals surface area contributed by atoms with Crippen LogP contribution >= 0.6 is 12.2 Å². The average molecular weight is 386 g/mol. The van der Waals surface area contributed by atoms with Crippen LogP contribution in [0.15, 0.2) is 52.9 Å². The number of nitrogens with one attached hydrogen (secondary N) is 1. The third kappa shape index (κ3) is 4.47. The van der Waals surface area contributed by atoms with E-state index in [0.717, 1.165) is 5.56 Å². The first-order valence-electron chi connectivity index (χ1n) is 8.30. The molecule has 3 aromatic rings. The van der Waals surface area contributed by atoms with Gasteiger partial charge in [-0.05, 0) is 49.1 Å². The minimum absolute atomic E-state index is 0.121. The Morgan fingerprint density at radius 2 is 1.96 bits per heavy atom. The van der Waals surface area contributed by atoms with Gasteiger partial charge in [0.1, 0.15) is 5.82 Å². The highest BCUT2D eigenvalue weighted by molar-refractivity contribution is 7.71. The second kappa shape index (κ2) is 8.24. The highest BCUT2D eigenvalue weighted by Crippen LogP contribution is 2.21. The summed E-state index contributed by atoms with van der Waals surface area (Å²) in [5.74, 6) is -0.378. The Morgan fingerprint density at radius 3 is 2.63 bits per heavy atom. The molecule has 1 heterocycles. The Kier molecular flexibility index (Phi) is 5.78. The van der Waals surface area contributed by atoms with Crippen molar-refractivity contribution in [1.82, 2.24) is 20.0 Å². The summed E-state index contributed by atoms with van der Waals surface area (Å²) in [6, 6.07) is 13.6. The molecule has 0 aliphatic heterocycles. The van der Waals surface area contributed by atoms with E-state index in [1.54, 1.807) is 37.4 Å². The molecule has 0 saturated heterocycles. The van der Waals surface area contributed by atoms with Gasteiger partial charge in [0.15, 0.2) is 0 Å². The summed E-state index contributed by atoms with van der Waals surface area (Å²) in [7, 11) is 3.51. The van der Waals surface area contributed by atoms with Crippen LogP contribution in [0, 0.1) is 10.7 Å². The van der Waals surface area contributed by atoms with Crippen LogP contribution in [0.4, 0.5) is 4.39 Å². The topological polar surface area (TPSA) is 63.3 Å². The van der Waals surface area contributed by atoms with Crippen molar-refractivity contribution in [3.63, 3.8) is 0 Å². The lowest BCUT2D eigenvalue weighted by Crippen LogP contribution is -2.22. The summed E-state index contributed by atoms with van der Waals surface area (Å²) in [4.78, 5) is 13.7. The van der Waals surface area contributed by atoms with Crippen LogP contribution in [-0.4, -0.2) is 34.7 Å². The lowest BCUT2D eigenvalue weighted by Gasteiger charge is -2.16. The highest BCUT2D eigenvalue weighted by Gasteiger charge is 2.13. The first kappa shape index (κ1) is 18.9. The minimum Gasteiger partial charge on any atom is -0.409 e. The van der Waals surface area contributed by atoms with Gasteiger partial charge < -0.3 is 9.73 Å². The van der Waals surface area contributed by atoms with E-state index in [2.05, 4.69) is 10.4 Å². The molecule has 0 aliphatic carbocycles. The number of carbonyl (C=O) groups is 1. The van der Waals surface area contributed by atoms with Crippen LogP contribution in [0.2, 0.25) is 0 Å². The molecule has 27 heavy (non-hydrogen) atoms. The summed E-state index contributed by atoms with van der Waals surface area (Å²) in [6.07, 6.45) is 0. The maximum absolute atomic E-state index is 13.9. The number of hydrogen-bond donors (Lipinski definition) is 1. The Bertz CT molecular complexity index is 997. The predicted octanol–water partition coefficient (Wildman–Crippen LogP) is 3.46. The molecule has 8 heteroatoms. The molecule has 0 bridgehead atoms. The summed E-state index contributed by atoms with van der Waals surface area (Å²) in [6.45, 7) is 1.01. The zero-order chi connectivity index (χ0) is 19.4. The first-order chi connectivity index (χ1) is 13.0. The van der Waals surface area contributed by atoms with Crippen LogP contribution in [0.5, 0.6) is 0 Å². The number of nitrogens with zero attached hydrogens (tertiary/aromatic N) is 3. The Balaban J connectivity index is 1.69. The SMILES string of the molecule is CNC(=O)c1ccc(CN(C)Cn2nc(-c3ccccc3F)oc2=S)cc1. The zero-order valence-corrected chi connectivity index (χ0v) is 15.8. The van der Waals surface area contributed by atoms with Crippen molar-refractivity contribution in [3.8, 4) is 11.5 Å². The Labute approximate surface area is 161 Å². The third-order valence-corrected chi connectivity index (χ3v) is 4.28. The molecule has 0 saturated carbocycles. The molecule has 3 rings (SSSR count). The quantitative estimate of drug-likeness (QED) is 0.658. The number of aromatic nitrogens is 2. The van der Waals surface area contributed by atoms with Crippen molar-refractivity contribution in [2.75, 3.05) is 14.1 Å². The smallest absolute Gasteiger partial charge is 0.288 e. The molecule has 140 valence electrons. The van der Waals surface area contributed by atoms with E-state index in [1.165, 1.54) is 10.7 Å². The Morgan fingerprint density at radius 1 is 1.26 bits per heavy atom. The number of hydrogen-bond acceptors (Lipinski definition) is 5. The fourth-order valence-electron chi connectivity index (χ4n) is 2.64. The second-order valence-corrected chi connectivity index (χ2v) is 6.43. The van der Waals surface area contributed by atoms with Crippen LogP contribution < -0.4 is 5.32 Å². The number of halogens is 1. The molecule has 1 N–H and O–H groups in total. The summed E-state index contributed by atoms with van der Waals surface area (Å²) >= 11 is 5.20. The summed E-state index contributed by atoms with van der Waals surface area (Å²) in [5.41, 5.74) is 1.92. The number of benzene rings is 2. The molecule has 0 fully saturated rings. The van der Waals surface area contributed by atoms with Gasteiger partial charge in [-0.2, -0.15) is 0 Å². The van der Waals surface area contributed by atoms with E-state index in [4.69, 9.17) is 16.6 Å². The van der Waals surface area contributed by atoms with E-state index in [-0.39, 0.29) is 22.2 Å². The van der Waals surface area contributed by atoms with Gasteiger partial charge in [-0.25, -0.2) is 9.07 Å². The van der Waals surface area contributed by atoms with Gasteiger partial charge in [-0.15, -0.1) is 5.10 Å². The van der Waals surface area contributed by atoms with Crippen LogP contribution in [-0.2, 0) is 13.2 Å². The fraction of sp³-hybridized carbons (Fsp3) is 0.211. The van der Waals surface area contributed by atoms with Crippen molar-refractivity contribution in [1.29, 1.82) is 0 Å². The molecular formula is C19H19FN4O2S. The number of carbonyl (C=O) groups excluding carboxylic acids is 1. The van der Waals surface area contributed by atoms with Gasteiger partial charge >= 0.3 is 0 Å². The molecule has 0 unspecified atom stereocenters. The molecule has 6 nitrogen and oxygen atoms in total. The molecule has 0 aliphatic rings. The molecule has 0 spiro atoms. The summed E-state index contributed by atoms with van der Waals surface area (Å²) < 4.78 is 20.9. The molecule has 0 atom stereocenters. The van der Waals surface area contributed by atoms with Gasteiger partial charge in [-0.1, -0.05) is 24.3 Å². The molecule has 0 radical (unpaired) electrons. The monoisotopic (exact) mass is 386 g/mol. The zero-order valence-electron chi connectivity index (χ0n) is 15.0. The van der Waals surface area contributed by atoms with Crippen molar-refractivity contribution in [2.45, 2.75) is 13.2 Å². The van der Waals surface area contributed by atoms with Gasteiger partial charge in [0, 0.05) is 19.2 Å². The molecular weight excluding hydrogens is 367 g/mol. The van der Waals surface area contributed by atoms with Crippen LogP contribution in [0.3, 0.4) is 0 Å². The maximum Gasteiger partial charge on any atom is 0.288 e. The minimum atomic E-state index is -0.412. The van der Waals surface area contributed by atoms with Crippen molar-refractivity contribution in [2.24, 2.45) is 0 Å². The largest absolute Gasteiger partial charge is 0.409 e. The van der Waals surface area contributed by atoms with E-state index in [9.17, 15) is 9.18 Å². The fourth-order valence-corrected chi connectivity index (χ4v) is 2.81. The highest BCUT2D eigenvalue weighted by atomic mass is 32.1. The van der Waals surface area contributed by atoms with Gasteiger partial charge in [0.2, 0.25) is 5.89 Å². The number of rotatable bonds is 6. The Hall–Kier alpha value is -2.84. The molecule has 1 aromatic heterocycles. The van der Waals surface area contributed by atoms with Crippen LogP contribution in [0.25, 0.3) is 11.5 Å². The normalized spacial score (nSPS) is 11.0. The lowest BCUT2D eigenvalue weighted by atomic mass is 10.1. The van der Waals surface area contributed by atoms with Crippen molar-refractivity contribution >= 4 is 18.1 Å². The summed E-state index contributed by atoms with van der Waals surface area (Å²) in [5, 5.41) is 6.87. The maximum atomic E-state index is 13.9. The standard InChI is InChI=1S/C19H19FN4O2S/c1-21-17(25)14-9-7-13(8-10-14)11-23(2)12-24-19(27)26-18(22-24)15-5-3-4-6-16(15)20/h3-10H,11-12H2,1-2H3,(H,21,25). The third-order valence-electron chi connectivity index (χ3n) is 3.98. The van der Waals surface area contributed by atoms with E-state index < -0.39 is 5.82 Å².